The Morgan fingerprint density at radius 1 is 1.00 bits per heavy atom. The molecule has 27 heavy (non-hydrogen) atoms. The Kier molecular flexibility index (Phi) is 4.28. The molecule has 4 rings (SSSR count). The fourth-order valence-electron chi connectivity index (χ4n) is 3.35. The summed E-state index contributed by atoms with van der Waals surface area (Å²) in [5.41, 5.74) is 4.16. The number of hydrogen-bond donors (Lipinski definition) is 0. The van der Waals surface area contributed by atoms with Gasteiger partial charge in [0, 0.05) is 24.5 Å². The lowest BCUT2D eigenvalue weighted by molar-refractivity contribution is 0.101. The third kappa shape index (κ3) is 3.13. The van der Waals surface area contributed by atoms with Crippen LogP contribution in [0.1, 0.15) is 22.8 Å². The number of sulfonamides is 1. The largest absolute Gasteiger partial charge is 0.295 e. The van der Waals surface area contributed by atoms with Crippen molar-refractivity contribution in [3.8, 4) is 11.1 Å². The summed E-state index contributed by atoms with van der Waals surface area (Å²) in [6.07, 6.45) is 4.13. The van der Waals surface area contributed by atoms with Gasteiger partial charge in [-0.3, -0.25) is 14.1 Å². The van der Waals surface area contributed by atoms with Crippen LogP contribution < -0.4 is 4.31 Å². The molecule has 0 amide bonds. The molecule has 5 nitrogen and oxygen atoms in total. The van der Waals surface area contributed by atoms with Crippen LogP contribution in [0, 0.1) is 0 Å². The number of carbonyl (C=O) groups excluding carboxylic acids is 1. The molecule has 6 heteroatoms. The van der Waals surface area contributed by atoms with Crippen molar-refractivity contribution < 1.29 is 13.2 Å². The predicted molar refractivity (Wildman–Crippen MR) is 104 cm³/mol. The molecule has 1 aliphatic rings. The van der Waals surface area contributed by atoms with E-state index in [0.717, 1.165) is 16.7 Å². The number of fused-ring (bicyclic) bond motifs is 1. The van der Waals surface area contributed by atoms with Gasteiger partial charge in [-0.2, -0.15) is 0 Å². The van der Waals surface area contributed by atoms with Gasteiger partial charge in [0.15, 0.2) is 5.78 Å². The van der Waals surface area contributed by atoms with E-state index < -0.39 is 10.0 Å². The van der Waals surface area contributed by atoms with Crippen LogP contribution in [-0.4, -0.2) is 25.7 Å². The molecule has 0 fully saturated rings. The van der Waals surface area contributed by atoms with Gasteiger partial charge >= 0.3 is 0 Å². The maximum absolute atomic E-state index is 13.1. The topological polar surface area (TPSA) is 67.3 Å². The minimum Gasteiger partial charge on any atom is -0.295 e. The lowest BCUT2D eigenvalue weighted by Crippen LogP contribution is -2.29. The third-order valence-electron chi connectivity index (χ3n) is 4.77. The monoisotopic (exact) mass is 378 g/mol. The zero-order valence-corrected chi connectivity index (χ0v) is 15.6. The van der Waals surface area contributed by atoms with Gasteiger partial charge in [0.25, 0.3) is 10.0 Å². The van der Waals surface area contributed by atoms with E-state index >= 15 is 0 Å². The summed E-state index contributed by atoms with van der Waals surface area (Å²) < 4.78 is 27.7. The maximum Gasteiger partial charge on any atom is 0.264 e. The molecule has 0 saturated heterocycles. The normalized spacial score (nSPS) is 13.4. The fraction of sp³-hybridized carbons (Fsp3) is 0.143. The van der Waals surface area contributed by atoms with Crippen molar-refractivity contribution in [1.82, 2.24) is 4.98 Å². The van der Waals surface area contributed by atoms with Crippen molar-refractivity contribution >= 4 is 21.5 Å². The number of benzene rings is 2. The maximum atomic E-state index is 13.1. The fourth-order valence-corrected chi connectivity index (χ4v) is 4.90. The van der Waals surface area contributed by atoms with Crippen molar-refractivity contribution in [2.45, 2.75) is 18.2 Å². The summed E-state index contributed by atoms with van der Waals surface area (Å²) >= 11 is 0. The lowest BCUT2D eigenvalue weighted by Gasteiger charge is -2.20. The molecular formula is C21H18N2O3S. The molecule has 0 unspecified atom stereocenters. The summed E-state index contributed by atoms with van der Waals surface area (Å²) in [7, 11) is -3.71. The van der Waals surface area contributed by atoms with Gasteiger partial charge in [0.05, 0.1) is 10.6 Å². The smallest absolute Gasteiger partial charge is 0.264 e. The minimum atomic E-state index is -3.71. The van der Waals surface area contributed by atoms with Crippen LogP contribution in [0.2, 0.25) is 0 Å². The minimum absolute atomic E-state index is 0.140. The third-order valence-corrected chi connectivity index (χ3v) is 6.58. The number of rotatable bonds is 4. The molecule has 0 N–H and O–H groups in total. The van der Waals surface area contributed by atoms with Crippen LogP contribution >= 0.6 is 0 Å². The van der Waals surface area contributed by atoms with Crippen LogP contribution in [0.15, 0.2) is 71.9 Å². The Hall–Kier alpha value is -2.99. The molecule has 3 aromatic rings. The Balaban J connectivity index is 1.72. The van der Waals surface area contributed by atoms with E-state index in [1.54, 1.807) is 24.5 Å². The number of pyridine rings is 1. The molecule has 1 aliphatic heterocycles. The van der Waals surface area contributed by atoms with Crippen LogP contribution in [-0.2, 0) is 16.4 Å². The highest BCUT2D eigenvalue weighted by atomic mass is 32.2. The van der Waals surface area contributed by atoms with E-state index in [9.17, 15) is 13.2 Å². The summed E-state index contributed by atoms with van der Waals surface area (Å²) in [4.78, 5) is 15.8. The number of ketones is 1. The standard InChI is InChI=1S/C21H18N2O3S/c1-15(24)17-3-2-4-20(14-17)27(25,26)23-12-9-19-13-18(5-6-21(19)23)16-7-10-22-11-8-16/h2-8,10-11,13-14H,9,12H2,1H3. The summed E-state index contributed by atoms with van der Waals surface area (Å²) in [6, 6.07) is 15.9. The number of anilines is 1. The van der Waals surface area contributed by atoms with Crippen molar-refractivity contribution in [1.29, 1.82) is 0 Å². The SMILES string of the molecule is CC(=O)c1cccc(S(=O)(=O)N2CCc3cc(-c4ccncc4)ccc32)c1. The van der Waals surface area contributed by atoms with Gasteiger partial charge in [0.1, 0.15) is 0 Å². The molecule has 0 aliphatic carbocycles. The molecule has 0 atom stereocenters. The van der Waals surface area contributed by atoms with Crippen molar-refractivity contribution in [2.24, 2.45) is 0 Å². The second kappa shape index (κ2) is 6.63. The average Bonchev–Trinajstić information content (AvgIpc) is 3.13. The first-order valence-electron chi connectivity index (χ1n) is 8.64. The Labute approximate surface area is 158 Å². The highest BCUT2D eigenvalue weighted by Gasteiger charge is 2.31. The first kappa shape index (κ1) is 17.4. The van der Waals surface area contributed by atoms with Gasteiger partial charge in [-0.25, -0.2) is 8.42 Å². The van der Waals surface area contributed by atoms with E-state index in [1.165, 1.54) is 23.4 Å². The van der Waals surface area contributed by atoms with Crippen molar-refractivity contribution in [3.63, 3.8) is 0 Å². The van der Waals surface area contributed by atoms with E-state index in [2.05, 4.69) is 4.98 Å². The Morgan fingerprint density at radius 3 is 2.52 bits per heavy atom. The molecule has 2 heterocycles. The van der Waals surface area contributed by atoms with E-state index in [1.807, 2.05) is 30.3 Å². The van der Waals surface area contributed by atoms with Gasteiger partial charge in [0.2, 0.25) is 0 Å². The van der Waals surface area contributed by atoms with E-state index in [0.29, 0.717) is 24.2 Å². The summed E-state index contributed by atoms with van der Waals surface area (Å²) in [5, 5.41) is 0. The molecule has 0 radical (unpaired) electrons. The highest BCUT2D eigenvalue weighted by molar-refractivity contribution is 7.92. The number of nitrogens with zero attached hydrogens (tertiary/aromatic N) is 2. The number of hydrogen-bond acceptors (Lipinski definition) is 4. The Morgan fingerprint density at radius 2 is 1.78 bits per heavy atom. The average molecular weight is 378 g/mol. The molecule has 0 bridgehead atoms. The molecule has 2 aromatic carbocycles. The zero-order valence-electron chi connectivity index (χ0n) is 14.8. The first-order valence-corrected chi connectivity index (χ1v) is 10.1. The van der Waals surface area contributed by atoms with Crippen molar-refractivity contribution in [2.75, 3.05) is 10.8 Å². The second-order valence-corrected chi connectivity index (χ2v) is 8.35. The van der Waals surface area contributed by atoms with Crippen LogP contribution in [0.25, 0.3) is 11.1 Å². The van der Waals surface area contributed by atoms with Gasteiger partial charge in [-0.15, -0.1) is 0 Å². The molecule has 1 aromatic heterocycles. The number of aromatic nitrogens is 1. The van der Waals surface area contributed by atoms with E-state index in [4.69, 9.17) is 0 Å². The quantitative estimate of drug-likeness (QED) is 0.649. The number of Topliss-reactive ketones (excluding diaryl/α,β-unsaturated/α-hetero) is 1. The van der Waals surface area contributed by atoms with Crippen LogP contribution in [0.3, 0.4) is 0 Å². The summed E-state index contributed by atoms with van der Waals surface area (Å²) in [6.45, 7) is 1.82. The van der Waals surface area contributed by atoms with Crippen molar-refractivity contribution in [3.05, 3.63) is 78.1 Å². The van der Waals surface area contributed by atoms with E-state index in [-0.39, 0.29) is 10.7 Å². The molecular weight excluding hydrogens is 360 g/mol. The molecule has 136 valence electrons. The van der Waals surface area contributed by atoms with Gasteiger partial charge in [-0.05, 0) is 66.4 Å². The predicted octanol–water partition coefficient (Wildman–Crippen LogP) is 3.70. The molecule has 0 saturated carbocycles. The second-order valence-electron chi connectivity index (χ2n) is 6.49. The van der Waals surface area contributed by atoms with Crippen LogP contribution in [0.4, 0.5) is 5.69 Å². The van der Waals surface area contributed by atoms with Gasteiger partial charge < -0.3 is 0 Å². The number of carbonyl (C=O) groups is 1. The van der Waals surface area contributed by atoms with Crippen LogP contribution in [0.5, 0.6) is 0 Å². The summed E-state index contributed by atoms with van der Waals surface area (Å²) in [5.74, 6) is -0.157. The molecule has 0 spiro atoms. The Bertz CT molecular complexity index is 1130. The zero-order chi connectivity index (χ0) is 19.0. The van der Waals surface area contributed by atoms with Gasteiger partial charge in [-0.1, -0.05) is 18.2 Å². The lowest BCUT2D eigenvalue weighted by atomic mass is 10.0. The first-order chi connectivity index (χ1) is 13.0. The highest BCUT2D eigenvalue weighted by Crippen LogP contribution is 2.35.